The Morgan fingerprint density at radius 3 is 1.80 bits per heavy atom. The second-order valence-corrected chi connectivity index (χ2v) is 14.7. The lowest BCUT2D eigenvalue weighted by Crippen LogP contribution is -2.07. The SMILES string of the molecule is Cc1ccccc1-c1nc(-c2ccc(-c3ccccc3)cc2)c(-n2c3ccccc3c3c4ccccc4c(-c4cc5ccccc5cc4C)c(C)c32)nc1C. The van der Waals surface area contributed by atoms with Crippen molar-refractivity contribution in [3.63, 3.8) is 0 Å². The second kappa shape index (κ2) is 12.9. The van der Waals surface area contributed by atoms with Crippen LogP contribution in [0.4, 0.5) is 0 Å². The summed E-state index contributed by atoms with van der Waals surface area (Å²) in [4.78, 5) is 11.2. The Kier molecular flexibility index (Phi) is 7.71. The number of rotatable bonds is 5. The van der Waals surface area contributed by atoms with Crippen molar-refractivity contribution in [3.05, 3.63) is 186 Å². The molecule has 3 heteroatoms. The van der Waals surface area contributed by atoms with Crippen molar-refractivity contribution in [2.75, 3.05) is 0 Å². The Morgan fingerprint density at radius 2 is 1.04 bits per heavy atom. The monoisotopic (exact) mass is 705 g/mol. The molecule has 0 aliphatic heterocycles. The third kappa shape index (κ3) is 5.26. The molecule has 10 rings (SSSR count). The van der Waals surface area contributed by atoms with Gasteiger partial charge in [-0.15, -0.1) is 0 Å². The van der Waals surface area contributed by atoms with Crippen molar-refractivity contribution in [3.8, 4) is 50.6 Å². The predicted molar refractivity (Wildman–Crippen MR) is 232 cm³/mol. The average molecular weight is 706 g/mol. The van der Waals surface area contributed by atoms with Gasteiger partial charge in [-0.25, -0.2) is 9.97 Å². The highest BCUT2D eigenvalue weighted by molar-refractivity contribution is 6.26. The van der Waals surface area contributed by atoms with Gasteiger partial charge in [-0.2, -0.15) is 0 Å². The highest BCUT2D eigenvalue weighted by Gasteiger charge is 2.26. The Hall–Kier alpha value is -6.84. The third-order valence-electron chi connectivity index (χ3n) is 11.4. The zero-order valence-electron chi connectivity index (χ0n) is 31.4. The quantitative estimate of drug-likeness (QED) is 0.178. The normalized spacial score (nSPS) is 11.6. The molecule has 0 fully saturated rings. The largest absolute Gasteiger partial charge is 0.292 e. The zero-order chi connectivity index (χ0) is 37.2. The molecule has 8 aromatic carbocycles. The molecule has 0 bridgehead atoms. The lowest BCUT2D eigenvalue weighted by molar-refractivity contribution is 1.01. The van der Waals surface area contributed by atoms with E-state index in [4.69, 9.17) is 9.97 Å². The summed E-state index contributed by atoms with van der Waals surface area (Å²) >= 11 is 0. The van der Waals surface area contributed by atoms with Crippen LogP contribution in [0, 0.1) is 27.7 Å². The molecule has 0 spiro atoms. The molecule has 0 aliphatic rings. The van der Waals surface area contributed by atoms with Gasteiger partial charge in [-0.3, -0.25) is 4.57 Å². The molecule has 2 heterocycles. The maximum Gasteiger partial charge on any atom is 0.164 e. The van der Waals surface area contributed by atoms with Gasteiger partial charge in [0.1, 0.15) is 5.69 Å². The van der Waals surface area contributed by atoms with Crippen molar-refractivity contribution < 1.29 is 0 Å². The molecular formula is C52H39N3. The lowest BCUT2D eigenvalue weighted by atomic mass is 9.87. The molecule has 0 N–H and O–H groups in total. The number of hydrogen-bond acceptors (Lipinski definition) is 2. The van der Waals surface area contributed by atoms with Gasteiger partial charge in [0, 0.05) is 21.9 Å². The standard InChI is InChI=1S/C52H39N3/c1-32-16-8-11-21-41(32)49-35(4)53-52(50(54-49)38-28-26-37(27-29-38)36-17-6-5-7-18-36)55-46-25-15-14-24-44(46)48-43-23-13-12-22-42(43)47(34(3)51(48)55)45-31-40-20-10-9-19-39(40)30-33(45)2/h5-31H,1-4H3. The smallest absolute Gasteiger partial charge is 0.164 e. The molecule has 262 valence electrons. The first-order valence-electron chi connectivity index (χ1n) is 19.0. The molecule has 0 amide bonds. The fraction of sp³-hybridized carbons (Fsp3) is 0.0769. The highest BCUT2D eigenvalue weighted by atomic mass is 15.1. The Morgan fingerprint density at radius 1 is 0.436 bits per heavy atom. The minimum atomic E-state index is 0.827. The lowest BCUT2D eigenvalue weighted by Gasteiger charge is -2.20. The fourth-order valence-corrected chi connectivity index (χ4v) is 8.70. The van der Waals surface area contributed by atoms with Crippen molar-refractivity contribution in [1.82, 2.24) is 14.5 Å². The molecule has 0 saturated heterocycles. The molecule has 0 unspecified atom stereocenters. The summed E-state index contributed by atoms with van der Waals surface area (Å²) in [6.07, 6.45) is 0. The Bertz CT molecular complexity index is 3120. The van der Waals surface area contributed by atoms with E-state index in [1.165, 1.54) is 71.3 Å². The van der Waals surface area contributed by atoms with Crippen LogP contribution in [0.5, 0.6) is 0 Å². The van der Waals surface area contributed by atoms with Crippen LogP contribution < -0.4 is 0 Å². The highest BCUT2D eigenvalue weighted by Crippen LogP contribution is 2.46. The molecule has 0 saturated carbocycles. The van der Waals surface area contributed by atoms with Crippen LogP contribution in [-0.4, -0.2) is 14.5 Å². The predicted octanol–water partition coefficient (Wildman–Crippen LogP) is 13.8. The van der Waals surface area contributed by atoms with Crippen LogP contribution in [0.1, 0.15) is 22.4 Å². The van der Waals surface area contributed by atoms with Gasteiger partial charge in [-0.1, -0.05) is 152 Å². The number of aryl methyl sites for hydroxylation is 4. The first-order valence-corrected chi connectivity index (χ1v) is 19.0. The number of benzene rings is 8. The van der Waals surface area contributed by atoms with Gasteiger partial charge >= 0.3 is 0 Å². The fourth-order valence-electron chi connectivity index (χ4n) is 8.70. The van der Waals surface area contributed by atoms with Crippen molar-refractivity contribution in [2.24, 2.45) is 0 Å². The van der Waals surface area contributed by atoms with E-state index in [0.717, 1.165) is 45.1 Å². The summed E-state index contributed by atoms with van der Waals surface area (Å²) in [5, 5.41) is 7.41. The van der Waals surface area contributed by atoms with Gasteiger partial charge < -0.3 is 0 Å². The van der Waals surface area contributed by atoms with Crippen LogP contribution >= 0.6 is 0 Å². The van der Waals surface area contributed by atoms with Crippen LogP contribution in [0.2, 0.25) is 0 Å². The molecule has 0 radical (unpaired) electrons. The van der Waals surface area contributed by atoms with Crippen molar-refractivity contribution in [1.29, 1.82) is 0 Å². The van der Waals surface area contributed by atoms with E-state index in [9.17, 15) is 0 Å². The van der Waals surface area contributed by atoms with E-state index < -0.39 is 0 Å². The van der Waals surface area contributed by atoms with Gasteiger partial charge in [-0.05, 0) is 100 Å². The summed E-state index contributed by atoms with van der Waals surface area (Å²) < 4.78 is 2.40. The van der Waals surface area contributed by atoms with E-state index in [1.54, 1.807) is 0 Å². The van der Waals surface area contributed by atoms with Gasteiger partial charge in [0.25, 0.3) is 0 Å². The van der Waals surface area contributed by atoms with E-state index in [-0.39, 0.29) is 0 Å². The summed E-state index contributed by atoms with van der Waals surface area (Å²) in [6.45, 7) is 8.79. The van der Waals surface area contributed by atoms with Crippen molar-refractivity contribution >= 4 is 43.4 Å². The topological polar surface area (TPSA) is 30.7 Å². The first-order chi connectivity index (χ1) is 27.0. The average Bonchev–Trinajstić information content (AvgIpc) is 3.57. The maximum absolute atomic E-state index is 5.58. The molecule has 10 aromatic rings. The zero-order valence-corrected chi connectivity index (χ0v) is 31.4. The summed E-state index contributed by atoms with van der Waals surface area (Å²) in [7, 11) is 0. The molecule has 2 aromatic heterocycles. The minimum Gasteiger partial charge on any atom is -0.292 e. The molecule has 0 aliphatic carbocycles. The molecule has 55 heavy (non-hydrogen) atoms. The molecular weight excluding hydrogens is 667 g/mol. The summed E-state index contributed by atoms with van der Waals surface area (Å²) in [6, 6.07) is 58.9. The Labute approximate surface area is 321 Å². The van der Waals surface area contributed by atoms with Gasteiger partial charge in [0.2, 0.25) is 0 Å². The number of nitrogens with zero attached hydrogens (tertiary/aromatic N) is 3. The van der Waals surface area contributed by atoms with Crippen molar-refractivity contribution in [2.45, 2.75) is 27.7 Å². The van der Waals surface area contributed by atoms with E-state index in [1.807, 2.05) is 0 Å². The summed E-state index contributed by atoms with van der Waals surface area (Å²) in [5.74, 6) is 0.827. The van der Waals surface area contributed by atoms with Crippen LogP contribution in [0.15, 0.2) is 164 Å². The van der Waals surface area contributed by atoms with Gasteiger partial charge in [0.05, 0.1) is 22.4 Å². The molecule has 3 nitrogen and oxygen atoms in total. The van der Waals surface area contributed by atoms with E-state index in [2.05, 4.69) is 196 Å². The van der Waals surface area contributed by atoms with Gasteiger partial charge in [0.15, 0.2) is 5.82 Å². The van der Waals surface area contributed by atoms with Crippen LogP contribution in [-0.2, 0) is 0 Å². The Balaban J connectivity index is 1.33. The van der Waals surface area contributed by atoms with E-state index in [0.29, 0.717) is 0 Å². The third-order valence-corrected chi connectivity index (χ3v) is 11.4. The van der Waals surface area contributed by atoms with E-state index >= 15 is 0 Å². The summed E-state index contributed by atoms with van der Waals surface area (Å²) in [5.41, 5.74) is 15.5. The first kappa shape index (κ1) is 32.8. The second-order valence-electron chi connectivity index (χ2n) is 14.7. The van der Waals surface area contributed by atoms with Crippen LogP contribution in [0.25, 0.3) is 93.9 Å². The maximum atomic E-state index is 5.58. The number of hydrogen-bond donors (Lipinski definition) is 0. The van der Waals surface area contributed by atoms with Crippen LogP contribution in [0.3, 0.4) is 0 Å². The number of aromatic nitrogens is 3. The molecule has 0 atom stereocenters. The number of para-hydroxylation sites is 1. The number of fused-ring (bicyclic) bond motifs is 6. The minimum absolute atomic E-state index is 0.827.